The molecule has 0 radical (unpaired) electrons. The fraction of sp³-hybridized carbons (Fsp3) is 0.444. The molecule has 3 aromatic rings. The van der Waals surface area contributed by atoms with Crippen molar-refractivity contribution in [1.29, 1.82) is 0 Å². The van der Waals surface area contributed by atoms with Crippen LogP contribution in [0.4, 0.5) is 4.39 Å². The molecule has 0 amide bonds. The van der Waals surface area contributed by atoms with Crippen LogP contribution >= 0.6 is 0 Å². The molecule has 0 bridgehead atoms. The molecule has 0 spiro atoms. The van der Waals surface area contributed by atoms with Crippen LogP contribution in [0.2, 0.25) is 0 Å². The van der Waals surface area contributed by atoms with Crippen molar-refractivity contribution in [2.24, 2.45) is 11.8 Å². The van der Waals surface area contributed by atoms with E-state index in [1.54, 1.807) is 0 Å². The second-order valence-corrected chi connectivity index (χ2v) is 11.0. The maximum absolute atomic E-state index is 15.2. The van der Waals surface area contributed by atoms with Gasteiger partial charge in [-0.25, -0.2) is 4.39 Å². The van der Waals surface area contributed by atoms with E-state index in [9.17, 15) is 0 Å². The monoisotopic (exact) mass is 494 g/mol. The average Bonchev–Trinajstić information content (AvgIpc) is 2.94. The topological polar surface area (TPSA) is 0 Å². The molecule has 4 rings (SSSR count). The Kier molecular flexibility index (Phi) is 10.4. The first kappa shape index (κ1) is 27.2. The molecule has 0 aliphatic heterocycles. The van der Waals surface area contributed by atoms with Gasteiger partial charge in [0.25, 0.3) is 0 Å². The van der Waals surface area contributed by atoms with Gasteiger partial charge in [-0.15, -0.1) is 6.58 Å². The fourth-order valence-electron chi connectivity index (χ4n) is 5.80. The second kappa shape index (κ2) is 14.2. The van der Waals surface area contributed by atoms with Gasteiger partial charge >= 0.3 is 0 Å². The van der Waals surface area contributed by atoms with Gasteiger partial charge in [0.15, 0.2) is 0 Å². The molecule has 3 aromatic carbocycles. The summed E-state index contributed by atoms with van der Waals surface area (Å²) >= 11 is 0. The van der Waals surface area contributed by atoms with E-state index in [0.29, 0.717) is 10.9 Å². The number of hydrogen-bond acceptors (Lipinski definition) is 0. The molecular weight excluding hydrogens is 451 g/mol. The number of allylic oxidation sites excluding steroid dienone is 1. The van der Waals surface area contributed by atoms with Crippen molar-refractivity contribution < 1.29 is 4.39 Å². The first-order chi connectivity index (χ1) is 18.2. The van der Waals surface area contributed by atoms with Crippen LogP contribution in [0.15, 0.2) is 67.3 Å². The largest absolute Gasteiger partial charge is 0.205 e. The molecule has 1 fully saturated rings. The Labute approximate surface area is 224 Å². The molecule has 0 unspecified atom stereocenters. The molecule has 0 saturated heterocycles. The van der Waals surface area contributed by atoms with E-state index < -0.39 is 0 Å². The van der Waals surface area contributed by atoms with Crippen molar-refractivity contribution in [3.8, 4) is 11.8 Å². The lowest BCUT2D eigenvalue weighted by atomic mass is 9.77. The minimum atomic E-state index is -0.212. The van der Waals surface area contributed by atoms with Gasteiger partial charge in [0, 0.05) is 10.9 Å². The molecule has 0 nitrogen and oxygen atoms in total. The molecule has 0 atom stereocenters. The zero-order valence-corrected chi connectivity index (χ0v) is 22.7. The van der Waals surface area contributed by atoms with Crippen LogP contribution in [0.5, 0.6) is 0 Å². The van der Waals surface area contributed by atoms with Crippen LogP contribution in [0, 0.1) is 29.5 Å². The van der Waals surface area contributed by atoms with Gasteiger partial charge < -0.3 is 0 Å². The quantitative estimate of drug-likeness (QED) is 0.141. The first-order valence-electron chi connectivity index (χ1n) is 14.6. The highest BCUT2D eigenvalue weighted by atomic mass is 19.1. The SMILES string of the molecule is C=CCCc1ccc(C#Cc2ccc3cc(CCC4CCC(CCCCCC)CC4)ccc3c2F)cc1. The number of fused-ring (bicyclic) bond motifs is 1. The maximum atomic E-state index is 15.2. The molecule has 1 saturated carbocycles. The second-order valence-electron chi connectivity index (χ2n) is 11.0. The van der Waals surface area contributed by atoms with Gasteiger partial charge in [0.1, 0.15) is 5.82 Å². The average molecular weight is 495 g/mol. The summed E-state index contributed by atoms with van der Waals surface area (Å²) in [5, 5.41) is 1.64. The Morgan fingerprint density at radius 3 is 2.27 bits per heavy atom. The minimum Gasteiger partial charge on any atom is -0.205 e. The summed E-state index contributed by atoms with van der Waals surface area (Å²) in [6.45, 7) is 6.06. The van der Waals surface area contributed by atoms with E-state index in [1.165, 1.54) is 75.3 Å². The van der Waals surface area contributed by atoms with E-state index in [1.807, 2.05) is 36.4 Å². The summed E-state index contributed by atoms with van der Waals surface area (Å²) in [5.41, 5.74) is 3.96. The van der Waals surface area contributed by atoms with Gasteiger partial charge in [-0.3, -0.25) is 0 Å². The maximum Gasteiger partial charge on any atom is 0.146 e. The fourth-order valence-corrected chi connectivity index (χ4v) is 5.80. The Balaban J connectivity index is 1.31. The third kappa shape index (κ3) is 8.07. The van der Waals surface area contributed by atoms with E-state index in [2.05, 4.69) is 49.6 Å². The standard InChI is InChI=1S/C36H43F/c1-3-5-7-8-10-29-13-15-30(16-14-29)19-20-32-22-26-35-34(27-32)25-24-33(36(35)37)23-21-31-17-11-28(12-18-31)9-6-4-2/h4,11-12,17-18,22,24-27,29-30H,2-3,5-10,13-16,19-20H2,1H3. The highest BCUT2D eigenvalue weighted by Gasteiger charge is 2.20. The lowest BCUT2D eigenvalue weighted by molar-refractivity contribution is 0.249. The number of aryl methyl sites for hydroxylation is 2. The summed E-state index contributed by atoms with van der Waals surface area (Å²) in [6, 6.07) is 18.3. The zero-order chi connectivity index (χ0) is 25.9. The van der Waals surface area contributed by atoms with Crippen LogP contribution in [0.25, 0.3) is 10.8 Å². The van der Waals surface area contributed by atoms with E-state index >= 15 is 4.39 Å². The molecule has 1 heteroatoms. The van der Waals surface area contributed by atoms with Gasteiger partial charge in [-0.1, -0.05) is 119 Å². The lowest BCUT2D eigenvalue weighted by Gasteiger charge is -2.28. The predicted molar refractivity (Wildman–Crippen MR) is 157 cm³/mol. The van der Waals surface area contributed by atoms with Crippen LogP contribution in [0.3, 0.4) is 0 Å². The molecule has 0 aromatic heterocycles. The zero-order valence-electron chi connectivity index (χ0n) is 22.7. The first-order valence-corrected chi connectivity index (χ1v) is 14.6. The van der Waals surface area contributed by atoms with Crippen molar-refractivity contribution in [1.82, 2.24) is 0 Å². The molecule has 0 heterocycles. The van der Waals surface area contributed by atoms with E-state index in [4.69, 9.17) is 0 Å². The number of rotatable bonds is 11. The number of unbranched alkanes of at least 4 members (excludes halogenated alkanes) is 3. The Hall–Kier alpha value is -2.85. The van der Waals surface area contributed by atoms with Crippen LogP contribution in [-0.4, -0.2) is 0 Å². The number of hydrogen-bond donors (Lipinski definition) is 0. The summed E-state index contributed by atoms with van der Waals surface area (Å²) in [5.74, 6) is 7.79. The summed E-state index contributed by atoms with van der Waals surface area (Å²) in [6.07, 6.45) is 18.9. The van der Waals surface area contributed by atoms with Gasteiger partial charge in [-0.05, 0) is 72.2 Å². The Morgan fingerprint density at radius 2 is 1.54 bits per heavy atom. The van der Waals surface area contributed by atoms with Crippen LogP contribution < -0.4 is 0 Å². The van der Waals surface area contributed by atoms with E-state index in [-0.39, 0.29) is 5.82 Å². The van der Waals surface area contributed by atoms with Crippen molar-refractivity contribution in [3.05, 3.63) is 95.3 Å². The molecule has 0 N–H and O–H groups in total. The predicted octanol–water partition coefficient (Wildman–Crippen LogP) is 10.2. The molecule has 37 heavy (non-hydrogen) atoms. The van der Waals surface area contributed by atoms with Gasteiger partial charge in [-0.2, -0.15) is 0 Å². The molecule has 194 valence electrons. The van der Waals surface area contributed by atoms with Crippen LogP contribution in [0.1, 0.15) is 99.8 Å². The third-order valence-electron chi connectivity index (χ3n) is 8.22. The summed E-state index contributed by atoms with van der Waals surface area (Å²) in [4.78, 5) is 0. The molecular formula is C36H43F. The number of benzene rings is 3. The van der Waals surface area contributed by atoms with E-state index in [0.717, 1.165) is 42.0 Å². The van der Waals surface area contributed by atoms with Crippen molar-refractivity contribution in [3.63, 3.8) is 0 Å². The molecule has 1 aliphatic carbocycles. The van der Waals surface area contributed by atoms with Gasteiger partial charge in [0.2, 0.25) is 0 Å². The number of halogens is 1. The Morgan fingerprint density at radius 1 is 0.811 bits per heavy atom. The summed E-state index contributed by atoms with van der Waals surface area (Å²) in [7, 11) is 0. The smallest absolute Gasteiger partial charge is 0.146 e. The van der Waals surface area contributed by atoms with Crippen molar-refractivity contribution in [2.45, 2.75) is 90.4 Å². The highest BCUT2D eigenvalue weighted by molar-refractivity contribution is 5.85. The highest BCUT2D eigenvalue weighted by Crippen LogP contribution is 2.34. The molecule has 1 aliphatic rings. The van der Waals surface area contributed by atoms with Crippen molar-refractivity contribution in [2.75, 3.05) is 0 Å². The summed E-state index contributed by atoms with van der Waals surface area (Å²) < 4.78 is 15.2. The Bertz CT molecular complexity index is 1200. The van der Waals surface area contributed by atoms with Gasteiger partial charge in [0.05, 0.1) is 5.56 Å². The van der Waals surface area contributed by atoms with Crippen molar-refractivity contribution >= 4 is 10.8 Å². The minimum absolute atomic E-state index is 0.212. The third-order valence-corrected chi connectivity index (χ3v) is 8.22. The van der Waals surface area contributed by atoms with Crippen LogP contribution in [-0.2, 0) is 12.8 Å². The normalized spacial score (nSPS) is 17.4. The lowest BCUT2D eigenvalue weighted by Crippen LogP contribution is -2.15.